The Kier molecular flexibility index (Phi) is 4.19. The van der Waals surface area contributed by atoms with Crippen molar-refractivity contribution in [3.05, 3.63) is 5.82 Å². The average molecular weight is 245 g/mol. The number of hydrogen-bond acceptors (Lipinski definition) is 6. The van der Waals surface area contributed by atoms with Crippen LogP contribution in [0.5, 0.6) is 0 Å². The monoisotopic (exact) mass is 245 g/mol. The summed E-state index contributed by atoms with van der Waals surface area (Å²) in [6.45, 7) is 2.99. The molecule has 0 amide bonds. The van der Waals surface area contributed by atoms with E-state index in [1.54, 1.807) is 0 Å². The molecule has 1 saturated heterocycles. The van der Waals surface area contributed by atoms with E-state index in [0.29, 0.717) is 11.3 Å². The van der Waals surface area contributed by atoms with Gasteiger partial charge in [0.25, 0.3) is 0 Å². The predicted octanol–water partition coefficient (Wildman–Crippen LogP) is 2.41. The van der Waals surface area contributed by atoms with Gasteiger partial charge in [0, 0.05) is 23.8 Å². The van der Waals surface area contributed by atoms with E-state index in [4.69, 9.17) is 4.52 Å². The van der Waals surface area contributed by atoms with Crippen LogP contribution in [-0.4, -0.2) is 33.9 Å². The second-order valence-corrected chi connectivity index (χ2v) is 5.78. The Morgan fingerprint density at radius 1 is 1.53 bits per heavy atom. The summed E-state index contributed by atoms with van der Waals surface area (Å²) in [4.78, 5) is 4.35. The molecule has 1 N–H and O–H groups in total. The van der Waals surface area contributed by atoms with E-state index in [2.05, 4.69) is 22.4 Å². The summed E-state index contributed by atoms with van der Waals surface area (Å²) >= 11 is 3.88. The van der Waals surface area contributed by atoms with E-state index in [-0.39, 0.29) is 0 Å². The maximum absolute atomic E-state index is 5.13. The van der Waals surface area contributed by atoms with E-state index in [1.807, 2.05) is 23.5 Å². The molecule has 0 aromatic carbocycles. The fourth-order valence-corrected chi connectivity index (χ4v) is 3.90. The van der Waals surface area contributed by atoms with Crippen LogP contribution in [-0.2, 0) is 0 Å². The van der Waals surface area contributed by atoms with Crippen molar-refractivity contribution in [1.82, 2.24) is 10.1 Å². The fraction of sp³-hybridized carbons (Fsp3) is 0.778. The van der Waals surface area contributed by atoms with E-state index in [9.17, 15) is 0 Å². The molecule has 1 aliphatic heterocycles. The first-order chi connectivity index (χ1) is 7.40. The van der Waals surface area contributed by atoms with Crippen LogP contribution in [0.25, 0.3) is 0 Å². The lowest BCUT2D eigenvalue weighted by Crippen LogP contribution is -2.08. The molecule has 1 aromatic rings. The topological polar surface area (TPSA) is 51.0 Å². The summed E-state index contributed by atoms with van der Waals surface area (Å²) in [5.74, 6) is 4.35. The van der Waals surface area contributed by atoms with E-state index in [1.165, 1.54) is 11.5 Å². The van der Waals surface area contributed by atoms with Crippen LogP contribution in [0.15, 0.2) is 4.52 Å². The number of aromatic nitrogens is 2. The third-order valence-electron chi connectivity index (χ3n) is 2.07. The highest BCUT2D eigenvalue weighted by atomic mass is 32.2. The van der Waals surface area contributed by atoms with Gasteiger partial charge < -0.3 is 9.84 Å². The van der Waals surface area contributed by atoms with Gasteiger partial charge in [0.05, 0.1) is 5.25 Å². The van der Waals surface area contributed by atoms with Gasteiger partial charge in [-0.1, -0.05) is 12.1 Å². The summed E-state index contributed by atoms with van der Waals surface area (Å²) in [7, 11) is 0. The lowest BCUT2D eigenvalue weighted by molar-refractivity contribution is 0.423. The predicted molar refractivity (Wildman–Crippen MR) is 65.6 cm³/mol. The zero-order valence-corrected chi connectivity index (χ0v) is 10.4. The molecule has 84 valence electrons. The number of thioether (sulfide) groups is 2. The van der Waals surface area contributed by atoms with Crippen LogP contribution in [0.2, 0.25) is 0 Å². The lowest BCUT2D eigenvalue weighted by atomic mass is 10.4. The number of rotatable bonds is 4. The Morgan fingerprint density at radius 2 is 2.47 bits per heavy atom. The van der Waals surface area contributed by atoms with Crippen molar-refractivity contribution in [3.8, 4) is 0 Å². The van der Waals surface area contributed by atoms with Gasteiger partial charge in [-0.05, 0) is 6.42 Å². The van der Waals surface area contributed by atoms with Crippen molar-refractivity contribution in [2.24, 2.45) is 0 Å². The zero-order chi connectivity index (χ0) is 10.5. The average Bonchev–Trinajstić information content (AvgIpc) is 2.76. The molecular weight excluding hydrogens is 230 g/mol. The summed E-state index contributed by atoms with van der Waals surface area (Å²) < 4.78 is 5.13. The van der Waals surface area contributed by atoms with Crippen molar-refractivity contribution in [2.45, 2.75) is 18.6 Å². The normalized spacial score (nSPS) is 21.5. The van der Waals surface area contributed by atoms with Gasteiger partial charge in [0.1, 0.15) is 0 Å². The van der Waals surface area contributed by atoms with Crippen LogP contribution in [0.4, 0.5) is 6.01 Å². The fourth-order valence-electron chi connectivity index (χ4n) is 1.31. The SMILES string of the molecule is CCCNc1nc(C2CSCCS2)no1. The highest BCUT2D eigenvalue weighted by Crippen LogP contribution is 2.35. The van der Waals surface area contributed by atoms with Crippen molar-refractivity contribution in [3.63, 3.8) is 0 Å². The lowest BCUT2D eigenvalue weighted by Gasteiger charge is -2.16. The van der Waals surface area contributed by atoms with Crippen molar-refractivity contribution < 1.29 is 4.52 Å². The van der Waals surface area contributed by atoms with Gasteiger partial charge in [-0.15, -0.1) is 11.8 Å². The maximum Gasteiger partial charge on any atom is 0.321 e. The standard InChI is InChI=1S/C9H15N3OS2/c1-2-3-10-9-11-8(12-13-9)7-6-14-4-5-15-7/h7H,2-6H2,1H3,(H,10,11,12). The number of nitrogens with zero attached hydrogens (tertiary/aromatic N) is 2. The molecule has 4 nitrogen and oxygen atoms in total. The first-order valence-electron chi connectivity index (χ1n) is 5.17. The van der Waals surface area contributed by atoms with Gasteiger partial charge in [-0.2, -0.15) is 16.7 Å². The molecular formula is C9H15N3OS2. The molecule has 1 aromatic heterocycles. The molecule has 6 heteroatoms. The molecule has 0 spiro atoms. The number of anilines is 1. The molecule has 0 bridgehead atoms. The summed E-state index contributed by atoms with van der Waals surface area (Å²) in [5.41, 5.74) is 0. The molecule has 0 radical (unpaired) electrons. The van der Waals surface area contributed by atoms with Gasteiger partial charge >= 0.3 is 6.01 Å². The molecule has 1 fully saturated rings. The Bertz CT molecular complexity index is 299. The Balaban J connectivity index is 1.93. The molecule has 1 aliphatic rings. The maximum atomic E-state index is 5.13. The highest BCUT2D eigenvalue weighted by molar-refractivity contribution is 8.06. The van der Waals surface area contributed by atoms with Gasteiger partial charge in [-0.25, -0.2) is 0 Å². The molecule has 1 atom stereocenters. The highest BCUT2D eigenvalue weighted by Gasteiger charge is 2.21. The Hall–Kier alpha value is -0.360. The zero-order valence-electron chi connectivity index (χ0n) is 8.73. The molecule has 2 heterocycles. The minimum absolute atomic E-state index is 0.407. The molecule has 15 heavy (non-hydrogen) atoms. The summed E-state index contributed by atoms with van der Waals surface area (Å²) in [5, 5.41) is 7.51. The summed E-state index contributed by atoms with van der Waals surface area (Å²) in [6.07, 6.45) is 1.06. The molecule has 1 unspecified atom stereocenters. The molecule has 0 saturated carbocycles. The smallest absolute Gasteiger partial charge is 0.321 e. The number of hydrogen-bond donors (Lipinski definition) is 1. The first-order valence-corrected chi connectivity index (χ1v) is 7.37. The second kappa shape index (κ2) is 5.65. The minimum atomic E-state index is 0.407. The number of nitrogens with one attached hydrogen (secondary N) is 1. The van der Waals surface area contributed by atoms with Gasteiger partial charge in [-0.3, -0.25) is 0 Å². The molecule has 0 aliphatic carbocycles. The van der Waals surface area contributed by atoms with Gasteiger partial charge in [0.15, 0.2) is 5.82 Å². The largest absolute Gasteiger partial charge is 0.338 e. The summed E-state index contributed by atoms with van der Waals surface area (Å²) in [6, 6.07) is 0.558. The second-order valence-electron chi connectivity index (χ2n) is 3.32. The van der Waals surface area contributed by atoms with E-state index >= 15 is 0 Å². The van der Waals surface area contributed by atoms with Crippen LogP contribution in [0.1, 0.15) is 24.4 Å². The van der Waals surface area contributed by atoms with Crippen LogP contribution in [0, 0.1) is 0 Å². The molecule has 2 rings (SSSR count). The van der Waals surface area contributed by atoms with Crippen molar-refractivity contribution >= 4 is 29.5 Å². The van der Waals surface area contributed by atoms with Gasteiger partial charge in [0.2, 0.25) is 0 Å². The first kappa shape index (κ1) is 11.1. The van der Waals surface area contributed by atoms with E-state index < -0.39 is 0 Å². The quantitative estimate of drug-likeness (QED) is 0.879. The minimum Gasteiger partial charge on any atom is -0.338 e. The van der Waals surface area contributed by atoms with Crippen molar-refractivity contribution in [1.29, 1.82) is 0 Å². The Labute approximate surface area is 98.0 Å². The van der Waals surface area contributed by atoms with Crippen LogP contribution >= 0.6 is 23.5 Å². The Morgan fingerprint density at radius 3 is 3.20 bits per heavy atom. The van der Waals surface area contributed by atoms with Crippen LogP contribution in [0.3, 0.4) is 0 Å². The third-order valence-corrected chi connectivity index (χ3v) is 4.82. The van der Waals surface area contributed by atoms with E-state index in [0.717, 1.165) is 24.5 Å². The third kappa shape index (κ3) is 3.04. The van der Waals surface area contributed by atoms with Crippen LogP contribution < -0.4 is 5.32 Å². The van der Waals surface area contributed by atoms with Crippen molar-refractivity contribution in [2.75, 3.05) is 29.1 Å².